The summed E-state index contributed by atoms with van der Waals surface area (Å²) in [6.45, 7) is 8.00. The van der Waals surface area contributed by atoms with Gasteiger partial charge in [0.05, 0.1) is 18.1 Å². The Morgan fingerprint density at radius 3 is 2.55 bits per heavy atom. The Bertz CT molecular complexity index is 531. The van der Waals surface area contributed by atoms with Gasteiger partial charge in [-0.25, -0.2) is 9.97 Å². The van der Waals surface area contributed by atoms with Crippen LogP contribution in [0.3, 0.4) is 0 Å². The topological polar surface area (TPSA) is 68.5 Å². The SMILES string of the molecule is CCCNCc1cnc(-n2nc(CC)nc2CC)cn1. The molecule has 2 rings (SSSR count). The first-order valence-electron chi connectivity index (χ1n) is 7.25. The molecule has 0 radical (unpaired) electrons. The standard InChI is InChI=1S/C14H22N6/c1-4-7-15-8-11-9-17-14(10-16-11)20-13(6-3)18-12(5-2)19-20/h9-10,15H,4-8H2,1-3H3. The quantitative estimate of drug-likeness (QED) is 0.778. The Morgan fingerprint density at radius 1 is 1.10 bits per heavy atom. The van der Waals surface area contributed by atoms with Crippen LogP contribution in [0.5, 0.6) is 0 Å². The Balaban J connectivity index is 2.14. The van der Waals surface area contributed by atoms with E-state index in [0.29, 0.717) is 0 Å². The van der Waals surface area contributed by atoms with Crippen LogP contribution in [0.15, 0.2) is 12.4 Å². The predicted molar refractivity (Wildman–Crippen MR) is 77.7 cm³/mol. The van der Waals surface area contributed by atoms with Crippen molar-refractivity contribution < 1.29 is 0 Å². The minimum atomic E-state index is 0.730. The zero-order valence-corrected chi connectivity index (χ0v) is 12.4. The highest BCUT2D eigenvalue weighted by Crippen LogP contribution is 2.08. The van der Waals surface area contributed by atoms with Gasteiger partial charge >= 0.3 is 0 Å². The smallest absolute Gasteiger partial charge is 0.174 e. The molecule has 0 unspecified atom stereocenters. The predicted octanol–water partition coefficient (Wildman–Crippen LogP) is 1.68. The van der Waals surface area contributed by atoms with E-state index in [-0.39, 0.29) is 0 Å². The summed E-state index contributed by atoms with van der Waals surface area (Å²) in [7, 11) is 0. The lowest BCUT2D eigenvalue weighted by Gasteiger charge is -2.05. The Labute approximate surface area is 119 Å². The number of hydrogen-bond acceptors (Lipinski definition) is 5. The van der Waals surface area contributed by atoms with Gasteiger partial charge in [-0.1, -0.05) is 20.8 Å². The number of aromatic nitrogens is 5. The van der Waals surface area contributed by atoms with E-state index < -0.39 is 0 Å². The van der Waals surface area contributed by atoms with Gasteiger partial charge in [0.2, 0.25) is 0 Å². The summed E-state index contributed by atoms with van der Waals surface area (Å²) in [4.78, 5) is 13.3. The van der Waals surface area contributed by atoms with Gasteiger partial charge < -0.3 is 5.32 Å². The number of rotatable bonds is 7. The molecule has 6 nitrogen and oxygen atoms in total. The van der Waals surface area contributed by atoms with Crippen LogP contribution in [0.1, 0.15) is 44.5 Å². The molecule has 2 aromatic heterocycles. The molecule has 0 fully saturated rings. The average Bonchev–Trinajstić information content (AvgIpc) is 2.91. The zero-order chi connectivity index (χ0) is 14.4. The molecule has 0 bridgehead atoms. The summed E-state index contributed by atoms with van der Waals surface area (Å²) in [5, 5.41) is 7.77. The van der Waals surface area contributed by atoms with Crippen molar-refractivity contribution in [3.8, 4) is 5.82 Å². The van der Waals surface area contributed by atoms with Crippen LogP contribution in [0.4, 0.5) is 0 Å². The van der Waals surface area contributed by atoms with Crippen LogP contribution in [-0.2, 0) is 19.4 Å². The average molecular weight is 274 g/mol. The highest BCUT2D eigenvalue weighted by atomic mass is 15.4. The van der Waals surface area contributed by atoms with Crippen molar-refractivity contribution in [2.45, 2.75) is 46.6 Å². The third kappa shape index (κ3) is 3.39. The first kappa shape index (κ1) is 14.6. The van der Waals surface area contributed by atoms with Gasteiger partial charge in [0.15, 0.2) is 11.6 Å². The van der Waals surface area contributed by atoms with Gasteiger partial charge in [-0.2, -0.15) is 4.68 Å². The highest BCUT2D eigenvalue weighted by molar-refractivity contribution is 5.20. The molecule has 6 heteroatoms. The normalized spacial score (nSPS) is 10.9. The van der Waals surface area contributed by atoms with Crippen LogP contribution in [0, 0.1) is 0 Å². The molecule has 0 saturated heterocycles. The van der Waals surface area contributed by atoms with Crippen molar-refractivity contribution in [2.75, 3.05) is 6.54 Å². The monoisotopic (exact) mass is 274 g/mol. The lowest BCUT2D eigenvalue weighted by atomic mass is 10.4. The third-order valence-electron chi connectivity index (χ3n) is 2.99. The molecule has 0 aliphatic rings. The molecule has 0 spiro atoms. The van der Waals surface area contributed by atoms with Crippen molar-refractivity contribution in [3.05, 3.63) is 29.7 Å². The van der Waals surface area contributed by atoms with E-state index in [0.717, 1.165) is 55.5 Å². The molecule has 2 heterocycles. The Morgan fingerprint density at radius 2 is 1.95 bits per heavy atom. The Hall–Kier alpha value is -1.82. The summed E-state index contributed by atoms with van der Waals surface area (Å²) in [5.74, 6) is 2.50. The van der Waals surface area contributed by atoms with E-state index >= 15 is 0 Å². The zero-order valence-electron chi connectivity index (χ0n) is 12.4. The van der Waals surface area contributed by atoms with Crippen LogP contribution < -0.4 is 5.32 Å². The largest absolute Gasteiger partial charge is 0.311 e. The summed E-state index contributed by atoms with van der Waals surface area (Å²) in [6.07, 6.45) is 6.33. The van der Waals surface area contributed by atoms with Crippen molar-refractivity contribution in [1.82, 2.24) is 30.0 Å². The fraction of sp³-hybridized carbons (Fsp3) is 0.571. The minimum absolute atomic E-state index is 0.730. The maximum atomic E-state index is 4.48. The molecule has 2 aromatic rings. The number of nitrogens with one attached hydrogen (secondary N) is 1. The maximum Gasteiger partial charge on any atom is 0.174 e. The molecular formula is C14H22N6. The fourth-order valence-corrected chi connectivity index (χ4v) is 1.90. The maximum absolute atomic E-state index is 4.48. The molecule has 20 heavy (non-hydrogen) atoms. The second-order valence-electron chi connectivity index (χ2n) is 4.61. The lowest BCUT2D eigenvalue weighted by Crippen LogP contribution is -2.15. The molecule has 108 valence electrons. The van der Waals surface area contributed by atoms with Gasteiger partial charge in [-0.05, 0) is 13.0 Å². The van der Waals surface area contributed by atoms with E-state index in [1.165, 1.54) is 0 Å². The molecule has 0 aliphatic heterocycles. The summed E-state index contributed by atoms with van der Waals surface area (Å²) in [6, 6.07) is 0. The minimum Gasteiger partial charge on any atom is -0.311 e. The number of nitrogens with zero attached hydrogens (tertiary/aromatic N) is 5. The molecule has 0 amide bonds. The highest BCUT2D eigenvalue weighted by Gasteiger charge is 2.10. The number of hydrogen-bond donors (Lipinski definition) is 1. The van der Waals surface area contributed by atoms with Crippen LogP contribution >= 0.6 is 0 Å². The van der Waals surface area contributed by atoms with Crippen LogP contribution in [-0.4, -0.2) is 31.3 Å². The van der Waals surface area contributed by atoms with E-state index in [1.807, 2.05) is 6.92 Å². The molecule has 0 saturated carbocycles. The van der Waals surface area contributed by atoms with Crippen LogP contribution in [0.2, 0.25) is 0 Å². The molecular weight excluding hydrogens is 252 g/mol. The van der Waals surface area contributed by atoms with Gasteiger partial charge in [-0.15, -0.1) is 5.10 Å². The van der Waals surface area contributed by atoms with Crippen molar-refractivity contribution in [3.63, 3.8) is 0 Å². The summed E-state index contributed by atoms with van der Waals surface area (Å²) < 4.78 is 1.79. The molecule has 0 aliphatic carbocycles. The van der Waals surface area contributed by atoms with Crippen LogP contribution in [0.25, 0.3) is 5.82 Å². The Kier molecular flexibility index (Phi) is 5.17. The van der Waals surface area contributed by atoms with E-state index in [9.17, 15) is 0 Å². The molecule has 0 aromatic carbocycles. The second-order valence-corrected chi connectivity index (χ2v) is 4.61. The van der Waals surface area contributed by atoms with Crippen molar-refractivity contribution in [1.29, 1.82) is 0 Å². The summed E-state index contributed by atoms with van der Waals surface area (Å²) in [5.41, 5.74) is 0.941. The second kappa shape index (κ2) is 7.09. The van der Waals surface area contributed by atoms with Gasteiger partial charge in [0.1, 0.15) is 5.82 Å². The van der Waals surface area contributed by atoms with Gasteiger partial charge in [-0.3, -0.25) is 4.98 Å². The van der Waals surface area contributed by atoms with E-state index in [1.54, 1.807) is 17.1 Å². The molecule has 1 N–H and O–H groups in total. The fourth-order valence-electron chi connectivity index (χ4n) is 1.90. The first-order valence-corrected chi connectivity index (χ1v) is 7.25. The van der Waals surface area contributed by atoms with Gasteiger partial charge in [0, 0.05) is 19.4 Å². The van der Waals surface area contributed by atoms with Crippen molar-refractivity contribution in [2.24, 2.45) is 0 Å². The van der Waals surface area contributed by atoms with E-state index in [2.05, 4.69) is 39.2 Å². The third-order valence-corrected chi connectivity index (χ3v) is 2.99. The lowest BCUT2D eigenvalue weighted by molar-refractivity contribution is 0.659. The number of aryl methyl sites for hydroxylation is 2. The first-order chi connectivity index (χ1) is 9.78. The molecule has 0 atom stereocenters. The summed E-state index contributed by atoms with van der Waals surface area (Å²) >= 11 is 0. The van der Waals surface area contributed by atoms with E-state index in [4.69, 9.17) is 0 Å². The van der Waals surface area contributed by atoms with Gasteiger partial charge in [0.25, 0.3) is 0 Å². The van der Waals surface area contributed by atoms with Crippen molar-refractivity contribution >= 4 is 0 Å².